The Morgan fingerprint density at radius 1 is 1.21 bits per heavy atom. The van der Waals surface area contributed by atoms with Crippen LogP contribution in [0.1, 0.15) is 25.7 Å². The van der Waals surface area contributed by atoms with E-state index in [4.69, 9.17) is 4.74 Å². The predicted molar refractivity (Wildman–Crippen MR) is 81.1 cm³/mol. The van der Waals surface area contributed by atoms with Crippen molar-refractivity contribution in [2.75, 3.05) is 32.6 Å². The summed E-state index contributed by atoms with van der Waals surface area (Å²) in [6.07, 6.45) is 5.40. The third-order valence-electron chi connectivity index (χ3n) is 4.30. The number of ether oxygens (including phenoxy) is 1. The third-order valence-corrected chi connectivity index (χ3v) is 4.30. The van der Waals surface area contributed by atoms with Crippen LogP contribution in [0.3, 0.4) is 0 Å². The van der Waals surface area contributed by atoms with Gasteiger partial charge in [-0.15, -0.1) is 0 Å². The molecule has 0 amide bonds. The van der Waals surface area contributed by atoms with E-state index in [1.165, 1.54) is 31.4 Å². The molecule has 1 aliphatic rings. The maximum absolute atomic E-state index is 5.20. The molecule has 1 aliphatic carbocycles. The highest BCUT2D eigenvalue weighted by Crippen LogP contribution is 2.27. The Balaban J connectivity index is 1.96. The van der Waals surface area contributed by atoms with Crippen LogP contribution in [0.2, 0.25) is 0 Å². The molecule has 1 fully saturated rings. The summed E-state index contributed by atoms with van der Waals surface area (Å²) in [5, 5.41) is 3.48. The van der Waals surface area contributed by atoms with Gasteiger partial charge in [0.05, 0.1) is 7.11 Å². The van der Waals surface area contributed by atoms with Crippen molar-refractivity contribution in [1.29, 1.82) is 0 Å². The van der Waals surface area contributed by atoms with E-state index in [1.807, 2.05) is 12.1 Å². The maximum Gasteiger partial charge on any atom is 0.119 e. The predicted octanol–water partition coefficient (Wildman–Crippen LogP) is 2.91. The lowest BCUT2D eigenvalue weighted by atomic mass is 9.84. The summed E-state index contributed by atoms with van der Waals surface area (Å²) < 4.78 is 5.20. The topological polar surface area (TPSA) is 24.5 Å². The lowest BCUT2D eigenvalue weighted by Gasteiger charge is -2.35. The minimum atomic E-state index is 0.675. The fourth-order valence-electron chi connectivity index (χ4n) is 3.10. The first-order valence-electron chi connectivity index (χ1n) is 7.27. The zero-order chi connectivity index (χ0) is 13.7. The van der Waals surface area contributed by atoms with Crippen LogP contribution in [0.5, 0.6) is 5.75 Å². The molecule has 3 nitrogen and oxygen atoms in total. The van der Waals surface area contributed by atoms with E-state index in [0.717, 1.165) is 18.2 Å². The van der Waals surface area contributed by atoms with E-state index < -0.39 is 0 Å². The van der Waals surface area contributed by atoms with Crippen molar-refractivity contribution in [2.45, 2.75) is 31.7 Å². The van der Waals surface area contributed by atoms with E-state index in [2.05, 4.69) is 36.4 Å². The first-order valence-corrected chi connectivity index (χ1v) is 7.27. The summed E-state index contributed by atoms with van der Waals surface area (Å²) >= 11 is 0. The highest BCUT2D eigenvalue weighted by molar-refractivity contribution is 5.48. The molecular formula is C16H26N2O. The normalized spacial score (nSPS) is 23.1. The fourth-order valence-corrected chi connectivity index (χ4v) is 3.10. The standard InChI is InChI=1S/C16H26N2O/c1-17-16-7-5-4-6-13(16)12-18(2)14-8-10-15(19-3)11-9-14/h8-11,13,16-17H,4-7,12H2,1-3H3. The van der Waals surface area contributed by atoms with E-state index >= 15 is 0 Å². The van der Waals surface area contributed by atoms with Crippen LogP contribution in [0.25, 0.3) is 0 Å². The largest absolute Gasteiger partial charge is 0.497 e. The Kier molecular flexibility index (Phi) is 5.08. The molecule has 2 atom stereocenters. The molecule has 0 aromatic heterocycles. The third kappa shape index (κ3) is 3.63. The highest BCUT2D eigenvalue weighted by atomic mass is 16.5. The quantitative estimate of drug-likeness (QED) is 0.883. The molecule has 3 heteroatoms. The minimum absolute atomic E-state index is 0.675. The van der Waals surface area contributed by atoms with Gasteiger partial charge < -0.3 is 15.0 Å². The first kappa shape index (κ1) is 14.2. The van der Waals surface area contributed by atoms with Gasteiger partial charge in [0, 0.05) is 25.3 Å². The number of anilines is 1. The Hall–Kier alpha value is -1.22. The lowest BCUT2D eigenvalue weighted by Crippen LogP contribution is -2.42. The van der Waals surface area contributed by atoms with Gasteiger partial charge in [-0.05, 0) is 50.1 Å². The van der Waals surface area contributed by atoms with Gasteiger partial charge in [-0.25, -0.2) is 0 Å². The maximum atomic E-state index is 5.20. The Morgan fingerprint density at radius 3 is 2.53 bits per heavy atom. The molecule has 1 aromatic rings. The number of nitrogens with one attached hydrogen (secondary N) is 1. The van der Waals surface area contributed by atoms with Gasteiger partial charge in [-0.2, -0.15) is 0 Å². The van der Waals surface area contributed by atoms with Crippen molar-refractivity contribution in [3.8, 4) is 5.75 Å². The molecule has 0 spiro atoms. The molecule has 0 radical (unpaired) electrons. The van der Waals surface area contributed by atoms with Gasteiger partial charge in [0.25, 0.3) is 0 Å². The average molecular weight is 262 g/mol. The first-order chi connectivity index (χ1) is 9.24. The van der Waals surface area contributed by atoms with E-state index in [9.17, 15) is 0 Å². The molecule has 0 saturated heterocycles. The number of nitrogens with zero attached hydrogens (tertiary/aromatic N) is 1. The van der Waals surface area contributed by atoms with E-state index in [1.54, 1.807) is 7.11 Å². The summed E-state index contributed by atoms with van der Waals surface area (Å²) in [5.74, 6) is 1.67. The van der Waals surface area contributed by atoms with Crippen LogP contribution in [0.4, 0.5) is 5.69 Å². The van der Waals surface area contributed by atoms with Crippen LogP contribution < -0.4 is 15.0 Å². The summed E-state index contributed by atoms with van der Waals surface area (Å²) in [6, 6.07) is 9.01. The fraction of sp³-hybridized carbons (Fsp3) is 0.625. The number of hydrogen-bond acceptors (Lipinski definition) is 3. The van der Waals surface area contributed by atoms with Crippen molar-refractivity contribution in [2.24, 2.45) is 5.92 Å². The molecule has 19 heavy (non-hydrogen) atoms. The second kappa shape index (κ2) is 6.80. The summed E-state index contributed by atoms with van der Waals surface area (Å²) in [5.41, 5.74) is 1.27. The summed E-state index contributed by atoms with van der Waals surface area (Å²) in [6.45, 7) is 1.12. The lowest BCUT2D eigenvalue weighted by molar-refractivity contribution is 0.278. The average Bonchev–Trinajstić information content (AvgIpc) is 2.48. The number of hydrogen-bond donors (Lipinski definition) is 1. The summed E-state index contributed by atoms with van der Waals surface area (Å²) in [7, 11) is 5.98. The minimum Gasteiger partial charge on any atom is -0.497 e. The smallest absolute Gasteiger partial charge is 0.119 e. The SMILES string of the molecule is CNC1CCCCC1CN(C)c1ccc(OC)cc1. The van der Waals surface area contributed by atoms with E-state index in [-0.39, 0.29) is 0 Å². The molecule has 106 valence electrons. The van der Waals surface area contributed by atoms with Crippen molar-refractivity contribution in [3.05, 3.63) is 24.3 Å². The molecule has 2 unspecified atom stereocenters. The molecule has 1 aromatic carbocycles. The molecule has 0 aliphatic heterocycles. The second-order valence-corrected chi connectivity index (χ2v) is 5.52. The molecule has 2 rings (SSSR count). The van der Waals surface area contributed by atoms with Crippen LogP contribution in [-0.2, 0) is 0 Å². The van der Waals surface area contributed by atoms with Crippen LogP contribution >= 0.6 is 0 Å². The molecule has 0 heterocycles. The van der Waals surface area contributed by atoms with Gasteiger partial charge in [0.2, 0.25) is 0 Å². The monoisotopic (exact) mass is 262 g/mol. The van der Waals surface area contributed by atoms with Crippen molar-refractivity contribution in [3.63, 3.8) is 0 Å². The van der Waals surface area contributed by atoms with Gasteiger partial charge in [0.1, 0.15) is 5.75 Å². The number of rotatable bonds is 5. The Morgan fingerprint density at radius 2 is 1.89 bits per heavy atom. The number of methoxy groups -OCH3 is 1. The second-order valence-electron chi connectivity index (χ2n) is 5.52. The summed E-state index contributed by atoms with van der Waals surface area (Å²) in [4.78, 5) is 2.36. The van der Waals surface area contributed by atoms with Gasteiger partial charge >= 0.3 is 0 Å². The van der Waals surface area contributed by atoms with Gasteiger partial charge in [-0.3, -0.25) is 0 Å². The van der Waals surface area contributed by atoms with Crippen molar-refractivity contribution >= 4 is 5.69 Å². The molecule has 1 saturated carbocycles. The van der Waals surface area contributed by atoms with Crippen LogP contribution in [-0.4, -0.2) is 33.8 Å². The molecular weight excluding hydrogens is 236 g/mol. The molecule has 1 N–H and O–H groups in total. The Bertz CT molecular complexity index is 377. The van der Waals surface area contributed by atoms with Crippen LogP contribution in [0, 0.1) is 5.92 Å². The Labute approximate surface area is 116 Å². The zero-order valence-electron chi connectivity index (χ0n) is 12.4. The van der Waals surface area contributed by atoms with Crippen molar-refractivity contribution < 1.29 is 4.74 Å². The molecule has 0 bridgehead atoms. The van der Waals surface area contributed by atoms with Crippen molar-refractivity contribution in [1.82, 2.24) is 5.32 Å². The van der Waals surface area contributed by atoms with E-state index in [0.29, 0.717) is 6.04 Å². The highest BCUT2D eigenvalue weighted by Gasteiger charge is 2.24. The van der Waals surface area contributed by atoms with Crippen LogP contribution in [0.15, 0.2) is 24.3 Å². The van der Waals surface area contributed by atoms with Gasteiger partial charge in [0.15, 0.2) is 0 Å². The number of benzene rings is 1. The van der Waals surface area contributed by atoms with Gasteiger partial charge in [-0.1, -0.05) is 12.8 Å². The zero-order valence-corrected chi connectivity index (χ0v) is 12.4.